The van der Waals surface area contributed by atoms with E-state index >= 15 is 0 Å². The molecule has 11 heteroatoms. The van der Waals surface area contributed by atoms with E-state index in [1.54, 1.807) is 9.80 Å². The van der Waals surface area contributed by atoms with Crippen LogP contribution in [0.1, 0.15) is 245 Å². The van der Waals surface area contributed by atoms with E-state index in [9.17, 15) is 24.0 Å². The van der Waals surface area contributed by atoms with Gasteiger partial charge in [-0.25, -0.2) is 0 Å². The third-order valence-corrected chi connectivity index (χ3v) is 14.0. The van der Waals surface area contributed by atoms with Crippen LogP contribution in [0, 0.1) is 0 Å². The lowest BCUT2D eigenvalue weighted by molar-refractivity contribution is -0.147. The highest BCUT2D eigenvalue weighted by atomic mass is 16.2. The molecule has 0 aromatic carbocycles. The minimum Gasteiger partial charge on any atom is -0.356 e. The van der Waals surface area contributed by atoms with Crippen LogP contribution in [0.25, 0.3) is 0 Å². The molecule has 0 saturated carbocycles. The van der Waals surface area contributed by atoms with Crippen LogP contribution in [-0.4, -0.2) is 96.2 Å². The van der Waals surface area contributed by atoms with Gasteiger partial charge in [-0.2, -0.15) is 0 Å². The van der Waals surface area contributed by atoms with Crippen LogP contribution >= 0.6 is 0 Å². The monoisotopic (exact) mass is 885 g/mol. The molecule has 63 heavy (non-hydrogen) atoms. The maximum absolute atomic E-state index is 14.0. The molecule has 0 aromatic heterocycles. The maximum atomic E-state index is 14.0. The van der Waals surface area contributed by atoms with E-state index in [2.05, 4.69) is 35.1 Å². The first-order chi connectivity index (χ1) is 30.9. The fourth-order valence-electron chi connectivity index (χ4n) is 9.98. The van der Waals surface area contributed by atoms with Crippen molar-refractivity contribution in [3.63, 3.8) is 0 Å². The first-order valence-corrected chi connectivity index (χ1v) is 27.1. The summed E-state index contributed by atoms with van der Waals surface area (Å²) < 4.78 is 0. The Morgan fingerprint density at radius 3 is 1.40 bits per heavy atom. The predicted molar refractivity (Wildman–Crippen MR) is 258 cm³/mol. The lowest BCUT2D eigenvalue weighted by atomic mass is 10.0. The van der Waals surface area contributed by atoms with Crippen LogP contribution in [0.5, 0.6) is 0 Å². The van der Waals surface area contributed by atoms with E-state index in [4.69, 9.17) is 0 Å². The van der Waals surface area contributed by atoms with E-state index in [1.165, 1.54) is 148 Å². The number of rotatable bonds is 38. The van der Waals surface area contributed by atoms with Gasteiger partial charge in [0.15, 0.2) is 0 Å². The zero-order valence-electron chi connectivity index (χ0n) is 40.7. The summed E-state index contributed by atoms with van der Waals surface area (Å²) in [7, 11) is 0. The molecule has 0 radical (unpaired) electrons. The van der Waals surface area contributed by atoms with Crippen LogP contribution in [0.4, 0.5) is 0 Å². The second-order valence-corrected chi connectivity index (χ2v) is 19.5. The SMILES string of the molecule is CCCCCCCCCCCCCCCCNC(=O)CC[C@H](NC(=O)[C@@H]1CCCN1C(=O)[C@@H]1CCCN1C(=O)[C@@H]1CCCN1)C(=O)NCCCCCCCCCCCCCCCC. The van der Waals surface area contributed by atoms with Crippen LogP contribution in [0.2, 0.25) is 0 Å². The zero-order valence-corrected chi connectivity index (χ0v) is 40.7. The smallest absolute Gasteiger partial charge is 0.246 e. The van der Waals surface area contributed by atoms with Crippen molar-refractivity contribution in [1.29, 1.82) is 0 Å². The van der Waals surface area contributed by atoms with Crippen molar-refractivity contribution in [1.82, 2.24) is 31.1 Å². The van der Waals surface area contributed by atoms with Gasteiger partial charge < -0.3 is 31.1 Å². The molecule has 3 fully saturated rings. The fraction of sp³-hybridized carbons (Fsp3) is 0.904. The Morgan fingerprint density at radius 2 is 0.937 bits per heavy atom. The first kappa shape index (κ1) is 54.6. The molecule has 0 bridgehead atoms. The summed E-state index contributed by atoms with van der Waals surface area (Å²) in [6.07, 6.45) is 40.4. The molecule has 4 N–H and O–H groups in total. The van der Waals surface area contributed by atoms with Crippen molar-refractivity contribution in [2.45, 2.75) is 269 Å². The molecule has 4 atom stereocenters. The maximum Gasteiger partial charge on any atom is 0.246 e. The van der Waals surface area contributed by atoms with E-state index in [0.29, 0.717) is 45.4 Å². The first-order valence-electron chi connectivity index (χ1n) is 27.1. The largest absolute Gasteiger partial charge is 0.356 e. The highest BCUT2D eigenvalue weighted by molar-refractivity contribution is 5.95. The normalized spacial score (nSPS) is 19.1. The topological polar surface area (TPSA) is 140 Å². The van der Waals surface area contributed by atoms with Gasteiger partial charge in [0.25, 0.3) is 0 Å². The third kappa shape index (κ3) is 23.4. The number of carbonyl (C=O) groups is 5. The quantitative estimate of drug-likeness (QED) is 0.0456. The molecular formula is C52H96N6O5. The molecular weight excluding hydrogens is 789 g/mol. The minimum absolute atomic E-state index is 0.0123. The highest BCUT2D eigenvalue weighted by Crippen LogP contribution is 2.27. The molecule has 364 valence electrons. The Bertz CT molecular complexity index is 1240. The standard InChI is InChI=1S/C52H96N6O5/c1-3-5-7-9-11-13-15-17-19-21-23-25-27-29-39-54-48(59)38-37-44(49(60)55-40-30-28-26-24-22-20-18-16-14-12-10-8-6-4-2)56-50(61)46-35-32-42-57(46)52(63)47-36-33-43-58(47)51(62)45-34-31-41-53-45/h44-47,53H,3-43H2,1-2H3,(H,54,59)(H,55,60)(H,56,61)/t44-,45-,46-,47-/m0/s1. The van der Waals surface area contributed by atoms with E-state index < -0.39 is 18.1 Å². The number of amides is 5. The average Bonchev–Trinajstić information content (AvgIpc) is 4.11. The van der Waals surface area contributed by atoms with Gasteiger partial charge in [-0.1, -0.05) is 181 Å². The van der Waals surface area contributed by atoms with E-state index in [0.717, 1.165) is 57.9 Å². The summed E-state index contributed by atoms with van der Waals surface area (Å²) in [6.45, 7) is 7.51. The Morgan fingerprint density at radius 1 is 0.508 bits per heavy atom. The van der Waals surface area contributed by atoms with E-state index in [1.807, 2.05) is 0 Å². The Labute approximate surface area is 385 Å². The van der Waals surface area contributed by atoms with Gasteiger partial charge in [-0.05, 0) is 64.3 Å². The molecule has 3 saturated heterocycles. The Kier molecular flexibility index (Phi) is 30.8. The zero-order chi connectivity index (χ0) is 45.2. The summed E-state index contributed by atoms with van der Waals surface area (Å²) in [6, 6.07) is -2.36. The molecule has 3 aliphatic heterocycles. The summed E-state index contributed by atoms with van der Waals surface area (Å²) in [5.41, 5.74) is 0. The number of nitrogens with one attached hydrogen (secondary N) is 4. The molecule has 5 amide bonds. The minimum atomic E-state index is -0.869. The molecule has 0 aromatic rings. The Balaban J connectivity index is 1.39. The van der Waals surface area contributed by atoms with Gasteiger partial charge in [0.05, 0.1) is 6.04 Å². The second kappa shape index (κ2) is 35.6. The van der Waals surface area contributed by atoms with E-state index in [-0.39, 0.29) is 48.4 Å². The molecule has 0 unspecified atom stereocenters. The summed E-state index contributed by atoms with van der Waals surface area (Å²) in [4.78, 5) is 71.2. The van der Waals surface area contributed by atoms with Crippen molar-refractivity contribution >= 4 is 29.5 Å². The lowest BCUT2D eigenvalue weighted by Crippen LogP contribution is -2.57. The summed E-state index contributed by atoms with van der Waals surface area (Å²) >= 11 is 0. The van der Waals surface area contributed by atoms with Gasteiger partial charge in [0, 0.05) is 32.6 Å². The summed E-state index contributed by atoms with van der Waals surface area (Å²) in [5.74, 6) is -0.914. The van der Waals surface area contributed by atoms with Gasteiger partial charge in [-0.3, -0.25) is 24.0 Å². The lowest BCUT2D eigenvalue weighted by Gasteiger charge is -2.32. The highest BCUT2D eigenvalue weighted by Gasteiger charge is 2.44. The molecule has 11 nitrogen and oxygen atoms in total. The van der Waals surface area contributed by atoms with Crippen molar-refractivity contribution in [3.8, 4) is 0 Å². The number of nitrogens with zero attached hydrogens (tertiary/aromatic N) is 2. The van der Waals surface area contributed by atoms with Gasteiger partial charge in [0.2, 0.25) is 29.5 Å². The number of carbonyl (C=O) groups excluding carboxylic acids is 5. The van der Waals surface area contributed by atoms with Crippen LogP contribution in [0.3, 0.4) is 0 Å². The van der Waals surface area contributed by atoms with Gasteiger partial charge in [0.1, 0.15) is 18.1 Å². The van der Waals surface area contributed by atoms with Gasteiger partial charge in [-0.15, -0.1) is 0 Å². The number of likely N-dealkylation sites (tertiary alicyclic amines) is 2. The molecule has 3 rings (SSSR count). The number of unbranched alkanes of at least 4 members (excludes halogenated alkanes) is 26. The van der Waals surface area contributed by atoms with Gasteiger partial charge >= 0.3 is 0 Å². The third-order valence-electron chi connectivity index (χ3n) is 14.0. The van der Waals surface area contributed by atoms with Crippen LogP contribution in [0.15, 0.2) is 0 Å². The van der Waals surface area contributed by atoms with Crippen LogP contribution < -0.4 is 21.3 Å². The summed E-state index contributed by atoms with van der Waals surface area (Å²) in [5, 5.41) is 12.3. The van der Waals surface area contributed by atoms with Crippen molar-refractivity contribution in [2.75, 3.05) is 32.7 Å². The fourth-order valence-corrected chi connectivity index (χ4v) is 9.98. The second-order valence-electron chi connectivity index (χ2n) is 19.5. The molecule has 0 spiro atoms. The van der Waals surface area contributed by atoms with Crippen LogP contribution in [-0.2, 0) is 24.0 Å². The predicted octanol–water partition coefficient (Wildman–Crippen LogP) is 10.2. The molecule has 3 aliphatic rings. The Hall–Kier alpha value is -2.69. The number of hydrogen-bond acceptors (Lipinski definition) is 6. The number of hydrogen-bond donors (Lipinski definition) is 4. The van der Waals surface area contributed by atoms with Crippen molar-refractivity contribution in [3.05, 3.63) is 0 Å². The van der Waals surface area contributed by atoms with Crippen molar-refractivity contribution in [2.24, 2.45) is 0 Å². The average molecular weight is 885 g/mol. The molecule has 0 aliphatic carbocycles. The molecule has 3 heterocycles. The van der Waals surface area contributed by atoms with Crippen molar-refractivity contribution < 1.29 is 24.0 Å².